The number of hydrogen-bond acceptors (Lipinski definition) is 5. The molecular formula is C17H19N3O3. The second kappa shape index (κ2) is 5.79. The second-order valence-corrected chi connectivity index (χ2v) is 5.24. The van der Waals surface area contributed by atoms with Crippen molar-refractivity contribution in [2.24, 2.45) is 0 Å². The van der Waals surface area contributed by atoms with Crippen molar-refractivity contribution in [3.05, 3.63) is 29.5 Å². The van der Waals surface area contributed by atoms with Gasteiger partial charge in [0.05, 0.1) is 32.9 Å². The van der Waals surface area contributed by atoms with Gasteiger partial charge in [0.25, 0.3) is 0 Å². The smallest absolute Gasteiger partial charge is 0.220 e. The summed E-state index contributed by atoms with van der Waals surface area (Å²) in [5.74, 6) is 2.26. The number of benzene rings is 1. The largest absolute Gasteiger partial charge is 0.495 e. The molecule has 0 spiro atoms. The van der Waals surface area contributed by atoms with Crippen LogP contribution in [0.15, 0.2) is 18.2 Å². The van der Waals surface area contributed by atoms with Gasteiger partial charge in [-0.2, -0.15) is 9.97 Å². The van der Waals surface area contributed by atoms with E-state index in [0.29, 0.717) is 17.6 Å². The molecule has 6 heteroatoms. The lowest BCUT2D eigenvalue weighted by Gasteiger charge is -2.08. The molecule has 0 saturated carbocycles. The molecule has 0 aliphatic heterocycles. The van der Waals surface area contributed by atoms with Gasteiger partial charge in [0.1, 0.15) is 5.75 Å². The Hall–Kier alpha value is -2.76. The Bertz CT molecular complexity index is 849. The van der Waals surface area contributed by atoms with E-state index in [4.69, 9.17) is 14.2 Å². The summed E-state index contributed by atoms with van der Waals surface area (Å²) in [7, 11) is 4.80. The van der Waals surface area contributed by atoms with Crippen molar-refractivity contribution in [3.8, 4) is 28.9 Å². The monoisotopic (exact) mass is 313 g/mol. The SMILES string of the molecule is COc1cc(OC)nc(-c2c(C)[nH]c3c(OC)ccc(C)c23)n1. The molecule has 0 aliphatic rings. The average Bonchev–Trinajstić information content (AvgIpc) is 2.92. The molecule has 0 fully saturated rings. The number of aromatic amines is 1. The second-order valence-electron chi connectivity index (χ2n) is 5.24. The number of hydrogen-bond donors (Lipinski definition) is 1. The highest BCUT2D eigenvalue weighted by atomic mass is 16.5. The number of aromatic nitrogens is 3. The molecule has 120 valence electrons. The minimum Gasteiger partial charge on any atom is -0.495 e. The van der Waals surface area contributed by atoms with Gasteiger partial charge < -0.3 is 19.2 Å². The zero-order valence-electron chi connectivity index (χ0n) is 13.9. The predicted octanol–water partition coefficient (Wildman–Crippen LogP) is 3.27. The van der Waals surface area contributed by atoms with E-state index in [9.17, 15) is 0 Å². The zero-order chi connectivity index (χ0) is 16.6. The maximum Gasteiger partial charge on any atom is 0.220 e. The fourth-order valence-electron chi connectivity index (χ4n) is 2.75. The summed E-state index contributed by atoms with van der Waals surface area (Å²) in [4.78, 5) is 12.3. The van der Waals surface area contributed by atoms with Crippen LogP contribution in [0.2, 0.25) is 0 Å². The molecular weight excluding hydrogens is 294 g/mol. The lowest BCUT2D eigenvalue weighted by Crippen LogP contribution is -1.98. The van der Waals surface area contributed by atoms with Crippen molar-refractivity contribution in [1.29, 1.82) is 0 Å². The molecule has 3 rings (SSSR count). The molecule has 0 saturated heterocycles. The summed E-state index contributed by atoms with van der Waals surface area (Å²) >= 11 is 0. The Morgan fingerprint density at radius 1 is 0.913 bits per heavy atom. The lowest BCUT2D eigenvalue weighted by atomic mass is 10.0. The van der Waals surface area contributed by atoms with Gasteiger partial charge in [0.15, 0.2) is 5.82 Å². The average molecular weight is 313 g/mol. The van der Waals surface area contributed by atoms with Gasteiger partial charge in [-0.3, -0.25) is 0 Å². The summed E-state index contributed by atoms with van der Waals surface area (Å²) in [6.07, 6.45) is 0. The number of nitrogens with zero attached hydrogens (tertiary/aromatic N) is 2. The van der Waals surface area contributed by atoms with Crippen molar-refractivity contribution in [3.63, 3.8) is 0 Å². The third-order valence-electron chi connectivity index (χ3n) is 3.85. The van der Waals surface area contributed by atoms with E-state index in [0.717, 1.165) is 33.5 Å². The van der Waals surface area contributed by atoms with Crippen LogP contribution in [0, 0.1) is 13.8 Å². The first-order chi connectivity index (χ1) is 11.1. The fraction of sp³-hybridized carbons (Fsp3) is 0.294. The maximum absolute atomic E-state index is 5.46. The number of H-pyrrole nitrogens is 1. The van der Waals surface area contributed by atoms with Crippen LogP contribution in [0.3, 0.4) is 0 Å². The van der Waals surface area contributed by atoms with E-state index in [1.54, 1.807) is 27.4 Å². The molecule has 0 amide bonds. The molecule has 0 atom stereocenters. The summed E-state index contributed by atoms with van der Waals surface area (Å²) < 4.78 is 16.0. The summed E-state index contributed by atoms with van der Waals surface area (Å²) in [5.41, 5.74) is 3.94. The standard InChI is InChI=1S/C17H19N3O3/c1-9-6-7-11(21-3)16-14(9)15(10(2)18-16)17-19-12(22-4)8-13(20-17)23-5/h6-8,18H,1-5H3. The molecule has 0 bridgehead atoms. The van der Waals surface area contributed by atoms with Crippen LogP contribution in [-0.2, 0) is 0 Å². The van der Waals surface area contributed by atoms with Crippen LogP contribution in [0.25, 0.3) is 22.3 Å². The van der Waals surface area contributed by atoms with E-state index in [-0.39, 0.29) is 0 Å². The highest BCUT2D eigenvalue weighted by Gasteiger charge is 2.19. The highest BCUT2D eigenvalue weighted by molar-refractivity contribution is 6.01. The Morgan fingerprint density at radius 2 is 1.57 bits per heavy atom. The molecule has 0 unspecified atom stereocenters. The van der Waals surface area contributed by atoms with Crippen LogP contribution in [-0.4, -0.2) is 36.3 Å². The Labute approximate surface area is 134 Å². The van der Waals surface area contributed by atoms with E-state index in [1.807, 2.05) is 19.1 Å². The number of aryl methyl sites for hydroxylation is 2. The quantitative estimate of drug-likeness (QED) is 0.800. The number of ether oxygens (including phenoxy) is 3. The van der Waals surface area contributed by atoms with Gasteiger partial charge in [0.2, 0.25) is 11.8 Å². The molecule has 0 radical (unpaired) electrons. The van der Waals surface area contributed by atoms with Crippen LogP contribution in [0.5, 0.6) is 17.5 Å². The normalized spacial score (nSPS) is 10.8. The Balaban J connectivity index is 2.34. The molecule has 6 nitrogen and oxygen atoms in total. The first kappa shape index (κ1) is 15.1. The fourth-order valence-corrected chi connectivity index (χ4v) is 2.75. The number of nitrogens with one attached hydrogen (secondary N) is 1. The Kier molecular flexibility index (Phi) is 3.82. The summed E-state index contributed by atoms with van der Waals surface area (Å²) in [6.45, 7) is 4.04. The third kappa shape index (κ3) is 2.46. The summed E-state index contributed by atoms with van der Waals surface area (Å²) in [5, 5.41) is 1.04. The van der Waals surface area contributed by atoms with Crippen molar-refractivity contribution in [2.75, 3.05) is 21.3 Å². The topological polar surface area (TPSA) is 69.3 Å². The number of rotatable bonds is 4. The molecule has 1 N–H and O–H groups in total. The Morgan fingerprint density at radius 3 is 2.13 bits per heavy atom. The van der Waals surface area contributed by atoms with Crippen LogP contribution in [0.1, 0.15) is 11.3 Å². The van der Waals surface area contributed by atoms with E-state index in [1.165, 1.54) is 0 Å². The lowest BCUT2D eigenvalue weighted by molar-refractivity contribution is 0.373. The molecule has 3 aromatic rings. The van der Waals surface area contributed by atoms with Crippen LogP contribution >= 0.6 is 0 Å². The minimum atomic E-state index is 0.459. The molecule has 23 heavy (non-hydrogen) atoms. The van der Waals surface area contributed by atoms with Crippen molar-refractivity contribution < 1.29 is 14.2 Å². The van der Waals surface area contributed by atoms with Gasteiger partial charge in [0, 0.05) is 16.6 Å². The third-order valence-corrected chi connectivity index (χ3v) is 3.85. The molecule has 2 heterocycles. The molecule has 0 aliphatic carbocycles. The van der Waals surface area contributed by atoms with E-state index in [2.05, 4.69) is 21.9 Å². The van der Waals surface area contributed by atoms with Crippen molar-refractivity contribution in [2.45, 2.75) is 13.8 Å². The maximum atomic E-state index is 5.46. The first-order valence-electron chi connectivity index (χ1n) is 7.22. The van der Waals surface area contributed by atoms with Gasteiger partial charge >= 0.3 is 0 Å². The van der Waals surface area contributed by atoms with E-state index >= 15 is 0 Å². The molecule has 2 aromatic heterocycles. The van der Waals surface area contributed by atoms with Gasteiger partial charge in [-0.15, -0.1) is 0 Å². The van der Waals surface area contributed by atoms with Gasteiger partial charge in [-0.25, -0.2) is 0 Å². The zero-order valence-corrected chi connectivity index (χ0v) is 13.9. The molecule has 1 aromatic carbocycles. The van der Waals surface area contributed by atoms with Crippen LogP contribution in [0.4, 0.5) is 0 Å². The highest BCUT2D eigenvalue weighted by Crippen LogP contribution is 2.37. The predicted molar refractivity (Wildman–Crippen MR) is 88.5 cm³/mol. The van der Waals surface area contributed by atoms with Gasteiger partial charge in [-0.05, 0) is 25.5 Å². The minimum absolute atomic E-state index is 0.459. The summed E-state index contributed by atoms with van der Waals surface area (Å²) in [6, 6.07) is 5.63. The van der Waals surface area contributed by atoms with Gasteiger partial charge in [-0.1, -0.05) is 6.07 Å². The van der Waals surface area contributed by atoms with E-state index < -0.39 is 0 Å². The van der Waals surface area contributed by atoms with Crippen molar-refractivity contribution in [1.82, 2.24) is 15.0 Å². The number of methoxy groups -OCH3 is 3. The van der Waals surface area contributed by atoms with Crippen molar-refractivity contribution >= 4 is 10.9 Å². The van der Waals surface area contributed by atoms with Crippen LogP contribution < -0.4 is 14.2 Å². The number of fused-ring (bicyclic) bond motifs is 1. The first-order valence-corrected chi connectivity index (χ1v) is 7.22.